The van der Waals surface area contributed by atoms with Gasteiger partial charge in [-0.3, -0.25) is 0 Å². The highest BCUT2D eigenvalue weighted by atomic mass is 14.7. The minimum absolute atomic E-state index is 0.554. The van der Waals surface area contributed by atoms with Crippen molar-refractivity contribution in [2.75, 3.05) is 0 Å². The van der Waals surface area contributed by atoms with Crippen LogP contribution < -0.4 is 0 Å². The first-order valence-corrected chi connectivity index (χ1v) is 43.5. The molecule has 95 heavy (non-hydrogen) atoms. The summed E-state index contributed by atoms with van der Waals surface area (Å²) in [5.74, 6) is 20.8. The lowest BCUT2D eigenvalue weighted by molar-refractivity contribution is -0.141. The lowest BCUT2D eigenvalue weighted by Gasteiger charge is -2.63. The number of hydrogen-bond acceptors (Lipinski definition) is 0. The van der Waals surface area contributed by atoms with Gasteiger partial charge in [-0.1, -0.05) is 213 Å². The fraction of sp³-hybridized carbons (Fsp3) is 1.00. The Bertz CT molecular complexity index is 2360. The Balaban J connectivity index is 0.000000117. The number of fused-ring (bicyclic) bond motifs is 13. The lowest BCUT2D eigenvalue weighted by Crippen LogP contribution is -2.55. The van der Waals surface area contributed by atoms with Gasteiger partial charge >= 0.3 is 0 Å². The molecular formula is C95H172. The molecule has 0 N–H and O–H groups in total. The molecule has 0 aliphatic heterocycles. The van der Waals surface area contributed by atoms with E-state index < -0.39 is 0 Å². The molecule has 22 aliphatic carbocycles. The first-order valence-electron chi connectivity index (χ1n) is 43.5. The number of rotatable bonds is 0. The van der Waals surface area contributed by atoms with Gasteiger partial charge in [0.15, 0.2) is 0 Å². The van der Waals surface area contributed by atoms with Crippen LogP contribution in [0.15, 0.2) is 0 Å². The standard InChI is InChI=1S/2C12H22.2C11H20.4C10H18.C9H16/c1-11(2,3)12-7-4-10(5-8-12)6-9-12;1-12(2,3)11-8-9-4-6-10(11)7-5-9;1-10(2,3)11-6-4-9(8-11)5-7-11;1-11(2,3)10-7-8-4-5-9(10)6-8;1-10(2,3)9-6-7-4-8(9)5-7;1-9(2,3)8-6-10(7-8)4-5-10;1-10(2,3)9-5-4-7-6-8(7)9;1-9(2,3)10-6-4-5-8(10)7-10;1-9(2,3)8-6-4-7(8)5-6/h10H,4-9H2,1-3H3;9-11H,4-8H2,1-3H3;9H,4-8H2,1-3H3;8-10H,4-7H2,1-3H3;7-9H,4-6H2,1-3H3;8H,4-7H2,1-3H3;7-9H,4-6H2,1-3H3;8H,4-7H2,1-3H3;6-8H,4-5H2,1-3H3. The van der Waals surface area contributed by atoms with Gasteiger partial charge in [0.1, 0.15) is 0 Å². The highest BCUT2D eigenvalue weighted by molar-refractivity contribution is 5.12. The van der Waals surface area contributed by atoms with Gasteiger partial charge in [-0.05, 0) is 388 Å². The van der Waals surface area contributed by atoms with E-state index in [0.717, 1.165) is 134 Å². The third-order valence-electron chi connectivity index (χ3n) is 34.7. The molecule has 0 aromatic heterocycles. The zero-order valence-corrected chi connectivity index (χ0v) is 69.9. The van der Waals surface area contributed by atoms with Gasteiger partial charge in [0, 0.05) is 0 Å². The molecule has 0 aromatic rings. The normalized spacial score (nSPS) is 42.6. The molecule has 0 amide bonds. The Morgan fingerprint density at radius 3 is 0.884 bits per heavy atom. The van der Waals surface area contributed by atoms with E-state index >= 15 is 0 Å². The van der Waals surface area contributed by atoms with Gasteiger partial charge in [0.25, 0.3) is 0 Å². The van der Waals surface area contributed by atoms with Crippen molar-refractivity contribution in [3.05, 3.63) is 0 Å². The van der Waals surface area contributed by atoms with Gasteiger partial charge < -0.3 is 0 Å². The van der Waals surface area contributed by atoms with Crippen molar-refractivity contribution in [1.82, 2.24) is 0 Å². The summed E-state index contributed by atoms with van der Waals surface area (Å²) in [4.78, 5) is 0. The molecule has 552 valence electrons. The molecule has 0 radical (unpaired) electrons. The molecule has 22 fully saturated rings. The summed E-state index contributed by atoms with van der Waals surface area (Å²) < 4.78 is 0. The third-order valence-corrected chi connectivity index (χ3v) is 34.7. The molecule has 0 nitrogen and oxygen atoms in total. The highest BCUT2D eigenvalue weighted by Crippen LogP contribution is 2.72. The SMILES string of the molecule is CC(C)(C)C12CCC(CC1)C2.CC(C)(C)C12CCC(CC1)CC2.CC(C)(C)C12CCCC1C2.CC(C)(C)C1C2CC1C2.CC(C)(C)C1CC2(CC2)C1.CC(C)(C)C1CC2CC1C2.CC(C)(C)C1CC2CCC1C2.CC(C)(C)C1CC2CCC1CC2.CC(C)(C)C1CCC2CC21. The average Bonchev–Trinajstić information content (AvgIpc) is 1.68. The minimum atomic E-state index is 0.554. The molecule has 0 saturated heterocycles. The third kappa shape index (κ3) is 17.9. The van der Waals surface area contributed by atoms with Crippen molar-refractivity contribution in [1.29, 1.82) is 0 Å². The topological polar surface area (TPSA) is 0 Å². The second-order valence-corrected chi connectivity index (χ2v) is 49.4. The largest absolute Gasteiger partial charge is 0.0599 e. The van der Waals surface area contributed by atoms with Crippen LogP contribution in [-0.4, -0.2) is 0 Å². The Morgan fingerprint density at radius 2 is 0.674 bits per heavy atom. The molecule has 12 bridgehead atoms. The number of hydrogen-bond donors (Lipinski definition) is 0. The van der Waals surface area contributed by atoms with Crippen LogP contribution in [0.3, 0.4) is 0 Å². The summed E-state index contributed by atoms with van der Waals surface area (Å²) in [7, 11) is 0. The van der Waals surface area contributed by atoms with Gasteiger partial charge in [-0.15, -0.1) is 0 Å². The summed E-state index contributed by atoms with van der Waals surface area (Å²) in [5.41, 5.74) is 8.43. The molecule has 22 saturated carbocycles. The maximum Gasteiger partial charge on any atom is -0.0218 e. The molecule has 0 heteroatoms. The molecule has 22 rings (SSSR count). The van der Waals surface area contributed by atoms with Crippen molar-refractivity contribution in [3.63, 3.8) is 0 Å². The van der Waals surface area contributed by atoms with Crippen LogP contribution in [0.4, 0.5) is 0 Å². The lowest BCUT2D eigenvalue weighted by atomic mass is 9.42. The highest BCUT2D eigenvalue weighted by Gasteiger charge is 2.63. The predicted octanol–water partition coefficient (Wildman–Crippen LogP) is 30.2. The van der Waals surface area contributed by atoms with Gasteiger partial charge in [-0.25, -0.2) is 0 Å². The van der Waals surface area contributed by atoms with Crippen LogP contribution in [0.25, 0.3) is 0 Å². The molecular weight excluding hydrogens is 1140 g/mol. The van der Waals surface area contributed by atoms with Gasteiger partial charge in [0.05, 0.1) is 0 Å². The summed E-state index contributed by atoms with van der Waals surface area (Å²) in [6, 6.07) is 0. The molecule has 22 aliphatic rings. The maximum atomic E-state index is 2.44. The molecule has 0 heterocycles. The molecule has 1 spiro atoms. The van der Waals surface area contributed by atoms with Crippen LogP contribution in [0.5, 0.6) is 0 Å². The second kappa shape index (κ2) is 27.8. The van der Waals surface area contributed by atoms with E-state index in [4.69, 9.17) is 0 Å². The Morgan fingerprint density at radius 1 is 0.242 bits per heavy atom. The Hall–Kier alpha value is 0. The van der Waals surface area contributed by atoms with E-state index in [1.807, 2.05) is 0 Å². The Labute approximate surface area is 597 Å². The van der Waals surface area contributed by atoms with Crippen molar-refractivity contribution in [2.45, 2.75) is 418 Å². The summed E-state index contributed by atoms with van der Waals surface area (Å²) in [5, 5.41) is 0. The van der Waals surface area contributed by atoms with Crippen LogP contribution in [0, 0.1) is 183 Å². The quantitative estimate of drug-likeness (QED) is 0.227. The van der Waals surface area contributed by atoms with Crippen LogP contribution in [-0.2, 0) is 0 Å². The summed E-state index contributed by atoms with van der Waals surface area (Å²) in [6.07, 6.45) is 55.2. The van der Waals surface area contributed by atoms with E-state index in [9.17, 15) is 0 Å². The van der Waals surface area contributed by atoms with Gasteiger partial charge in [-0.2, -0.15) is 0 Å². The summed E-state index contributed by atoms with van der Waals surface area (Å²) >= 11 is 0. The van der Waals surface area contributed by atoms with Crippen molar-refractivity contribution in [2.24, 2.45) is 183 Å². The molecule has 10 unspecified atom stereocenters. The maximum absolute atomic E-state index is 2.44. The van der Waals surface area contributed by atoms with Crippen molar-refractivity contribution in [3.8, 4) is 0 Å². The monoisotopic (exact) mass is 1310 g/mol. The van der Waals surface area contributed by atoms with E-state index in [0.29, 0.717) is 48.7 Å². The van der Waals surface area contributed by atoms with Gasteiger partial charge in [0.2, 0.25) is 0 Å². The summed E-state index contributed by atoms with van der Waals surface area (Å²) in [6.45, 7) is 65.1. The second-order valence-electron chi connectivity index (χ2n) is 49.4. The fourth-order valence-electron chi connectivity index (χ4n) is 27.0. The smallest absolute Gasteiger partial charge is 0.0218 e. The van der Waals surface area contributed by atoms with Crippen LogP contribution in [0.1, 0.15) is 418 Å². The van der Waals surface area contributed by atoms with E-state index in [1.165, 1.54) is 180 Å². The van der Waals surface area contributed by atoms with E-state index in [-0.39, 0.29) is 0 Å². The fourth-order valence-corrected chi connectivity index (χ4v) is 27.0. The van der Waals surface area contributed by atoms with Crippen molar-refractivity contribution < 1.29 is 0 Å². The van der Waals surface area contributed by atoms with E-state index in [2.05, 4.69) is 187 Å². The minimum Gasteiger partial charge on any atom is -0.0599 e. The molecule has 0 aromatic carbocycles. The Kier molecular flexibility index (Phi) is 22.7. The molecule has 10 atom stereocenters. The van der Waals surface area contributed by atoms with E-state index in [1.54, 1.807) is 51.4 Å². The van der Waals surface area contributed by atoms with Crippen LogP contribution >= 0.6 is 0 Å². The zero-order valence-electron chi connectivity index (χ0n) is 69.9. The van der Waals surface area contributed by atoms with Crippen LogP contribution in [0.2, 0.25) is 0 Å². The predicted molar refractivity (Wildman–Crippen MR) is 417 cm³/mol. The van der Waals surface area contributed by atoms with Crippen molar-refractivity contribution >= 4 is 0 Å². The first-order chi connectivity index (χ1) is 43.5. The first kappa shape index (κ1) is 77.6. The average molecular weight is 1310 g/mol. The zero-order chi connectivity index (χ0) is 69.9.